The summed E-state index contributed by atoms with van der Waals surface area (Å²) >= 11 is 0. The fourth-order valence-electron chi connectivity index (χ4n) is 5.00. The van der Waals surface area contributed by atoms with Gasteiger partial charge in [0.15, 0.2) is 0 Å². The highest BCUT2D eigenvalue weighted by molar-refractivity contribution is 5.84. The number of carbonyl (C=O) groups is 3. The lowest BCUT2D eigenvalue weighted by Gasteiger charge is -2.16. The Morgan fingerprint density at radius 3 is 1.83 bits per heavy atom. The van der Waals surface area contributed by atoms with Crippen LogP contribution in [0.5, 0.6) is 0 Å². The number of nitrogens with one attached hydrogen (secondary N) is 2. The first-order valence-corrected chi connectivity index (χ1v) is 18.4. The molecule has 3 N–H and O–H groups in total. The molecule has 0 aliphatic heterocycles. The Balaban J connectivity index is 0.000000914. The third-order valence-electron chi connectivity index (χ3n) is 7.73. The van der Waals surface area contributed by atoms with Gasteiger partial charge in [-0.25, -0.2) is 9.78 Å². The highest BCUT2D eigenvalue weighted by Gasteiger charge is 2.22. The van der Waals surface area contributed by atoms with Crippen LogP contribution in [0.4, 0.5) is 0 Å². The van der Waals surface area contributed by atoms with Crippen molar-refractivity contribution >= 4 is 17.8 Å². The molecule has 0 aliphatic carbocycles. The number of aromatic nitrogens is 2. The standard InChI is InChI=1S/C20H35N3O3.C18H32O2/c1-3-5-6-7-8-9-10-11-12-13-19(24)23-18(20(25)26-4-2)14-17-15-21-16-22-17;1-2-3-4-5-6-7-8-9-10-11-12-13-14-15-16-17-18(19)20/h15-16,18H,3-14H2,1-2H3,(H,21,22)(H,23,24);6-7,9-10H,2-5,8,11-17H2,1H3,(H,19,20)/b;7-6+,10-9+/t18-;/m0./s1. The van der Waals surface area contributed by atoms with Gasteiger partial charge in [-0.1, -0.05) is 122 Å². The number of amides is 1. The van der Waals surface area contributed by atoms with Gasteiger partial charge in [0, 0.05) is 31.2 Å². The Bertz CT molecular complexity index is 898. The molecule has 1 atom stereocenters. The zero-order chi connectivity index (χ0) is 33.9. The van der Waals surface area contributed by atoms with Crippen molar-refractivity contribution in [1.82, 2.24) is 15.3 Å². The number of rotatable bonds is 29. The van der Waals surface area contributed by atoms with Crippen LogP contribution in [0.1, 0.15) is 168 Å². The Morgan fingerprint density at radius 2 is 1.28 bits per heavy atom. The van der Waals surface area contributed by atoms with Crippen molar-refractivity contribution in [3.05, 3.63) is 42.5 Å². The lowest BCUT2D eigenvalue weighted by Crippen LogP contribution is -2.43. The molecule has 1 aromatic heterocycles. The van der Waals surface area contributed by atoms with Gasteiger partial charge in [-0.3, -0.25) is 9.59 Å². The van der Waals surface area contributed by atoms with Crippen molar-refractivity contribution in [2.45, 2.75) is 174 Å². The molecule has 8 nitrogen and oxygen atoms in total. The van der Waals surface area contributed by atoms with Gasteiger partial charge in [-0.05, 0) is 51.9 Å². The van der Waals surface area contributed by atoms with Gasteiger partial charge in [0.05, 0.1) is 12.9 Å². The summed E-state index contributed by atoms with van der Waals surface area (Å²) in [6.45, 7) is 6.52. The SMILES string of the molecule is CCCCC/C=C/C/C=C/CCCCCCCC(=O)O.CCCCCCCCCCCC(=O)N[C@@H](Cc1cnc[nH]1)C(=O)OCC. The Labute approximate surface area is 280 Å². The van der Waals surface area contributed by atoms with Crippen LogP contribution >= 0.6 is 0 Å². The number of carboxylic acids is 1. The Hall–Kier alpha value is -2.90. The number of ether oxygens (including phenoxy) is 1. The molecular formula is C38H67N3O5. The van der Waals surface area contributed by atoms with Crippen molar-refractivity contribution in [2.24, 2.45) is 0 Å². The van der Waals surface area contributed by atoms with Gasteiger partial charge < -0.3 is 20.1 Å². The zero-order valence-electron chi connectivity index (χ0n) is 29.5. The second-order valence-corrected chi connectivity index (χ2v) is 12.1. The molecule has 0 aromatic carbocycles. The largest absolute Gasteiger partial charge is 0.481 e. The van der Waals surface area contributed by atoms with Crippen molar-refractivity contribution in [1.29, 1.82) is 0 Å². The van der Waals surface area contributed by atoms with Crippen LogP contribution in [-0.2, 0) is 25.5 Å². The van der Waals surface area contributed by atoms with Gasteiger partial charge in [0.2, 0.25) is 5.91 Å². The molecule has 46 heavy (non-hydrogen) atoms. The van der Waals surface area contributed by atoms with Gasteiger partial charge in [0.1, 0.15) is 6.04 Å². The summed E-state index contributed by atoms with van der Waals surface area (Å²) in [7, 11) is 0. The van der Waals surface area contributed by atoms with E-state index in [4.69, 9.17) is 9.84 Å². The van der Waals surface area contributed by atoms with Crippen LogP contribution in [0, 0.1) is 0 Å². The number of unbranched alkanes of at least 4 members (excludes halogenated alkanes) is 16. The minimum Gasteiger partial charge on any atom is -0.481 e. The van der Waals surface area contributed by atoms with Crippen molar-refractivity contribution in [2.75, 3.05) is 6.61 Å². The monoisotopic (exact) mass is 646 g/mol. The number of allylic oxidation sites excluding steroid dienone is 4. The first-order chi connectivity index (χ1) is 22.4. The zero-order valence-corrected chi connectivity index (χ0v) is 29.5. The van der Waals surface area contributed by atoms with Crippen molar-refractivity contribution < 1.29 is 24.2 Å². The summed E-state index contributed by atoms with van der Waals surface area (Å²) in [5.41, 5.74) is 0.798. The molecule has 264 valence electrons. The average Bonchev–Trinajstić information content (AvgIpc) is 3.55. The number of nitrogens with zero attached hydrogens (tertiary/aromatic N) is 1. The second kappa shape index (κ2) is 33.5. The molecule has 0 aliphatic rings. The minimum absolute atomic E-state index is 0.0921. The average molecular weight is 646 g/mol. The Kier molecular flexibility index (Phi) is 31.4. The number of H-pyrrole nitrogens is 1. The van der Waals surface area contributed by atoms with Crippen molar-refractivity contribution in [3.63, 3.8) is 0 Å². The number of hydrogen-bond acceptors (Lipinski definition) is 5. The molecule has 0 saturated heterocycles. The summed E-state index contributed by atoms with van der Waals surface area (Å²) in [6, 6.07) is -0.665. The minimum atomic E-state index is -0.671. The Morgan fingerprint density at radius 1 is 0.761 bits per heavy atom. The predicted molar refractivity (Wildman–Crippen MR) is 190 cm³/mol. The first kappa shape index (κ1) is 43.1. The summed E-state index contributed by atoms with van der Waals surface area (Å²) in [4.78, 5) is 41.4. The van der Waals surface area contributed by atoms with Crippen LogP contribution in [-0.4, -0.2) is 45.6 Å². The number of imidazole rings is 1. The fourth-order valence-corrected chi connectivity index (χ4v) is 5.00. The number of aliphatic carboxylic acids is 1. The lowest BCUT2D eigenvalue weighted by atomic mass is 10.1. The topological polar surface area (TPSA) is 121 Å². The maximum Gasteiger partial charge on any atom is 0.329 e. The molecule has 1 amide bonds. The highest BCUT2D eigenvalue weighted by atomic mass is 16.5. The highest BCUT2D eigenvalue weighted by Crippen LogP contribution is 2.11. The summed E-state index contributed by atoms with van der Waals surface area (Å²) in [5.74, 6) is -1.16. The van der Waals surface area contributed by atoms with Gasteiger partial charge in [0.25, 0.3) is 0 Å². The fraction of sp³-hybridized carbons (Fsp3) is 0.737. The molecule has 1 rings (SSSR count). The van der Waals surface area contributed by atoms with Crippen LogP contribution in [0.25, 0.3) is 0 Å². The van der Waals surface area contributed by atoms with E-state index in [0.717, 1.165) is 44.2 Å². The van der Waals surface area contributed by atoms with Crippen LogP contribution in [0.3, 0.4) is 0 Å². The van der Waals surface area contributed by atoms with E-state index in [1.807, 2.05) is 0 Å². The van der Waals surface area contributed by atoms with E-state index < -0.39 is 18.0 Å². The number of hydrogen-bond donors (Lipinski definition) is 3. The van der Waals surface area contributed by atoms with Crippen molar-refractivity contribution in [3.8, 4) is 0 Å². The number of carbonyl (C=O) groups excluding carboxylic acids is 2. The van der Waals surface area contributed by atoms with Crippen LogP contribution in [0.2, 0.25) is 0 Å². The van der Waals surface area contributed by atoms with Gasteiger partial charge in [-0.15, -0.1) is 0 Å². The smallest absolute Gasteiger partial charge is 0.329 e. The lowest BCUT2D eigenvalue weighted by molar-refractivity contribution is -0.147. The van der Waals surface area contributed by atoms with Crippen LogP contribution < -0.4 is 5.32 Å². The third-order valence-corrected chi connectivity index (χ3v) is 7.73. The van der Waals surface area contributed by atoms with E-state index in [0.29, 0.717) is 25.9 Å². The van der Waals surface area contributed by atoms with E-state index in [-0.39, 0.29) is 5.91 Å². The molecule has 1 aromatic rings. The van der Waals surface area contributed by atoms with E-state index in [1.54, 1.807) is 19.4 Å². The summed E-state index contributed by atoms with van der Waals surface area (Å²) in [5, 5.41) is 11.3. The summed E-state index contributed by atoms with van der Waals surface area (Å²) in [6.07, 6.45) is 37.2. The molecule has 0 fully saturated rings. The maximum absolute atomic E-state index is 12.2. The second-order valence-electron chi connectivity index (χ2n) is 12.1. The molecule has 8 heteroatoms. The van der Waals surface area contributed by atoms with Crippen LogP contribution in [0.15, 0.2) is 36.8 Å². The van der Waals surface area contributed by atoms with E-state index >= 15 is 0 Å². The number of carboxylic acid groups (broad SMARTS) is 1. The third kappa shape index (κ3) is 29.8. The molecule has 0 bridgehead atoms. The molecule has 1 heterocycles. The maximum atomic E-state index is 12.2. The summed E-state index contributed by atoms with van der Waals surface area (Å²) < 4.78 is 5.06. The van der Waals surface area contributed by atoms with Gasteiger partial charge in [-0.2, -0.15) is 0 Å². The number of esters is 1. The normalized spacial score (nSPS) is 11.8. The van der Waals surface area contributed by atoms with Gasteiger partial charge >= 0.3 is 11.9 Å². The first-order valence-electron chi connectivity index (χ1n) is 18.4. The molecule has 0 saturated carbocycles. The quantitative estimate of drug-likeness (QED) is 0.0453. The molecular weight excluding hydrogens is 578 g/mol. The van der Waals surface area contributed by atoms with E-state index in [1.165, 1.54) is 89.9 Å². The van der Waals surface area contributed by atoms with E-state index in [9.17, 15) is 14.4 Å². The number of aromatic amines is 1. The molecule has 0 unspecified atom stereocenters. The molecule has 0 radical (unpaired) electrons. The van der Waals surface area contributed by atoms with E-state index in [2.05, 4.69) is 53.4 Å². The predicted octanol–water partition coefficient (Wildman–Crippen LogP) is 9.81. The molecule has 0 spiro atoms.